The number of anilines is 2. The average Bonchev–Trinajstić information content (AvgIpc) is 2.59. The molecule has 25 heavy (non-hydrogen) atoms. The number of nitrogens with zero attached hydrogens (tertiary/aromatic N) is 1. The number of rotatable bonds is 4. The maximum Gasteiger partial charge on any atom is 0.339 e. The van der Waals surface area contributed by atoms with E-state index in [1.807, 2.05) is 50.9 Å². The molecule has 0 saturated heterocycles. The van der Waals surface area contributed by atoms with E-state index < -0.39 is 11.6 Å². The maximum absolute atomic E-state index is 12.3. The van der Waals surface area contributed by atoms with E-state index in [1.165, 1.54) is 7.11 Å². The molecule has 132 valence electrons. The molecule has 0 atom stereocenters. The first-order chi connectivity index (χ1) is 11.7. The quantitative estimate of drug-likeness (QED) is 0.780. The van der Waals surface area contributed by atoms with Crippen LogP contribution in [0.25, 0.3) is 0 Å². The molecule has 0 amide bonds. The van der Waals surface area contributed by atoms with E-state index in [-0.39, 0.29) is 5.97 Å². The molecule has 2 aromatic rings. The van der Waals surface area contributed by atoms with Crippen LogP contribution in [0.15, 0.2) is 48.5 Å². The molecule has 2 rings (SSSR count). The van der Waals surface area contributed by atoms with Crippen molar-refractivity contribution < 1.29 is 19.1 Å². The predicted octanol–water partition coefficient (Wildman–Crippen LogP) is 4.20. The third kappa shape index (κ3) is 4.59. The highest BCUT2D eigenvalue weighted by Gasteiger charge is 2.20. The van der Waals surface area contributed by atoms with Gasteiger partial charge in [-0.1, -0.05) is 18.2 Å². The lowest BCUT2D eigenvalue weighted by atomic mass is 10.1. The molecule has 0 aliphatic rings. The van der Waals surface area contributed by atoms with Crippen molar-refractivity contribution in [2.45, 2.75) is 26.4 Å². The smallest absolute Gasteiger partial charge is 0.339 e. The second kappa shape index (κ2) is 7.38. The van der Waals surface area contributed by atoms with Crippen LogP contribution in [0.4, 0.5) is 11.4 Å². The summed E-state index contributed by atoms with van der Waals surface area (Å²) in [6.07, 6.45) is 0. The van der Waals surface area contributed by atoms with Gasteiger partial charge in [-0.25, -0.2) is 9.59 Å². The van der Waals surface area contributed by atoms with Gasteiger partial charge >= 0.3 is 11.9 Å². The van der Waals surface area contributed by atoms with Gasteiger partial charge in [0.2, 0.25) is 0 Å². The van der Waals surface area contributed by atoms with E-state index in [4.69, 9.17) is 9.47 Å². The number of hydrogen-bond acceptors (Lipinski definition) is 5. The molecule has 0 aliphatic heterocycles. The number of ether oxygens (including phenoxy) is 2. The molecule has 0 unspecified atom stereocenters. The number of para-hydroxylation sites is 1. The van der Waals surface area contributed by atoms with E-state index >= 15 is 0 Å². The van der Waals surface area contributed by atoms with Gasteiger partial charge in [0.05, 0.1) is 23.9 Å². The Morgan fingerprint density at radius 3 is 2.28 bits per heavy atom. The summed E-state index contributed by atoms with van der Waals surface area (Å²) in [5.74, 6) is -0.797. The Morgan fingerprint density at radius 2 is 1.64 bits per heavy atom. The molecular formula is C20H23NO4. The summed E-state index contributed by atoms with van der Waals surface area (Å²) in [6, 6.07) is 14.2. The number of methoxy groups -OCH3 is 1. The highest BCUT2D eigenvalue weighted by atomic mass is 16.6. The van der Waals surface area contributed by atoms with Crippen LogP contribution < -0.4 is 4.90 Å². The van der Waals surface area contributed by atoms with E-state index in [0.717, 1.165) is 5.69 Å². The molecule has 5 heteroatoms. The van der Waals surface area contributed by atoms with Crippen molar-refractivity contribution >= 4 is 23.3 Å². The van der Waals surface area contributed by atoms with Crippen molar-refractivity contribution in [3.63, 3.8) is 0 Å². The van der Waals surface area contributed by atoms with E-state index in [0.29, 0.717) is 16.8 Å². The number of carbonyl (C=O) groups excluding carboxylic acids is 2. The highest BCUT2D eigenvalue weighted by molar-refractivity contribution is 5.97. The Labute approximate surface area is 148 Å². The standard InChI is InChI=1S/C20H23NO4/c1-20(2,3)25-18(22)14-9-8-10-15(13-14)21(4)17-12-7-6-11-16(17)19(23)24-5/h6-13H,1-5H3. The molecule has 0 aromatic heterocycles. The van der Waals surface area contributed by atoms with Gasteiger partial charge in [0.25, 0.3) is 0 Å². The SMILES string of the molecule is COC(=O)c1ccccc1N(C)c1cccc(C(=O)OC(C)(C)C)c1. The van der Waals surface area contributed by atoms with Crippen LogP contribution in [0.3, 0.4) is 0 Å². The average molecular weight is 341 g/mol. The van der Waals surface area contributed by atoms with Crippen LogP contribution in [-0.2, 0) is 9.47 Å². The predicted molar refractivity (Wildman–Crippen MR) is 97.5 cm³/mol. The van der Waals surface area contributed by atoms with Crippen LogP contribution in [0, 0.1) is 0 Å². The number of hydrogen-bond donors (Lipinski definition) is 0. The number of esters is 2. The first-order valence-electron chi connectivity index (χ1n) is 7.97. The third-order valence-corrected chi connectivity index (χ3v) is 3.54. The van der Waals surface area contributed by atoms with Gasteiger partial charge in [-0.05, 0) is 51.1 Å². The largest absolute Gasteiger partial charge is 0.465 e. The summed E-state index contributed by atoms with van der Waals surface area (Å²) in [5.41, 5.74) is 1.80. The van der Waals surface area contributed by atoms with Crippen molar-refractivity contribution in [3.8, 4) is 0 Å². The fourth-order valence-electron chi connectivity index (χ4n) is 2.37. The first kappa shape index (κ1) is 18.5. The van der Waals surface area contributed by atoms with E-state index in [1.54, 1.807) is 30.3 Å². The molecule has 0 radical (unpaired) electrons. The first-order valence-corrected chi connectivity index (χ1v) is 7.97. The lowest BCUT2D eigenvalue weighted by Gasteiger charge is -2.23. The fourth-order valence-corrected chi connectivity index (χ4v) is 2.37. The second-order valence-corrected chi connectivity index (χ2v) is 6.62. The van der Waals surface area contributed by atoms with Gasteiger partial charge in [-0.15, -0.1) is 0 Å². The van der Waals surface area contributed by atoms with Crippen LogP contribution in [-0.4, -0.2) is 31.7 Å². The lowest BCUT2D eigenvalue weighted by Crippen LogP contribution is -2.24. The Hall–Kier alpha value is -2.82. The van der Waals surface area contributed by atoms with Crippen molar-refractivity contribution in [2.75, 3.05) is 19.1 Å². The zero-order valence-corrected chi connectivity index (χ0v) is 15.2. The van der Waals surface area contributed by atoms with Gasteiger partial charge in [-0.3, -0.25) is 0 Å². The molecule has 0 saturated carbocycles. The van der Waals surface area contributed by atoms with E-state index in [2.05, 4.69) is 0 Å². The topological polar surface area (TPSA) is 55.8 Å². The molecular weight excluding hydrogens is 318 g/mol. The Bertz CT molecular complexity index is 777. The zero-order valence-electron chi connectivity index (χ0n) is 15.2. The minimum atomic E-state index is -0.559. The molecule has 0 heterocycles. The summed E-state index contributed by atoms with van der Waals surface area (Å²) >= 11 is 0. The normalized spacial score (nSPS) is 10.9. The third-order valence-electron chi connectivity index (χ3n) is 3.54. The van der Waals surface area contributed by atoms with Crippen LogP contribution in [0.1, 0.15) is 41.5 Å². The molecule has 0 N–H and O–H groups in total. The summed E-state index contributed by atoms with van der Waals surface area (Å²) in [6.45, 7) is 5.48. The van der Waals surface area contributed by atoms with Crippen LogP contribution >= 0.6 is 0 Å². The van der Waals surface area contributed by atoms with Gasteiger partial charge in [0.1, 0.15) is 5.60 Å². The molecule has 5 nitrogen and oxygen atoms in total. The van der Waals surface area contributed by atoms with Crippen molar-refractivity contribution in [1.29, 1.82) is 0 Å². The van der Waals surface area contributed by atoms with E-state index in [9.17, 15) is 9.59 Å². The maximum atomic E-state index is 12.3. The van der Waals surface area contributed by atoms with Gasteiger partial charge in [0.15, 0.2) is 0 Å². The van der Waals surface area contributed by atoms with Gasteiger partial charge in [-0.2, -0.15) is 0 Å². The Morgan fingerprint density at radius 1 is 0.960 bits per heavy atom. The Balaban J connectivity index is 2.36. The molecule has 0 bridgehead atoms. The minimum absolute atomic E-state index is 0.385. The molecule has 0 spiro atoms. The fraction of sp³-hybridized carbons (Fsp3) is 0.300. The van der Waals surface area contributed by atoms with Gasteiger partial charge in [0, 0.05) is 12.7 Å². The van der Waals surface area contributed by atoms with Crippen molar-refractivity contribution in [1.82, 2.24) is 0 Å². The number of benzene rings is 2. The summed E-state index contributed by atoms with van der Waals surface area (Å²) in [7, 11) is 3.18. The molecule has 0 aliphatic carbocycles. The summed E-state index contributed by atoms with van der Waals surface area (Å²) in [4.78, 5) is 26.1. The number of carbonyl (C=O) groups is 2. The molecule has 0 fully saturated rings. The van der Waals surface area contributed by atoms with Gasteiger partial charge < -0.3 is 14.4 Å². The van der Waals surface area contributed by atoms with Crippen LogP contribution in [0.5, 0.6) is 0 Å². The highest BCUT2D eigenvalue weighted by Crippen LogP contribution is 2.28. The summed E-state index contributed by atoms with van der Waals surface area (Å²) < 4.78 is 10.3. The zero-order chi connectivity index (χ0) is 18.6. The van der Waals surface area contributed by atoms with Crippen molar-refractivity contribution in [2.24, 2.45) is 0 Å². The Kier molecular flexibility index (Phi) is 5.47. The van der Waals surface area contributed by atoms with Crippen LogP contribution in [0.2, 0.25) is 0 Å². The summed E-state index contributed by atoms with van der Waals surface area (Å²) in [5, 5.41) is 0. The second-order valence-electron chi connectivity index (χ2n) is 6.62. The molecule has 2 aromatic carbocycles. The monoisotopic (exact) mass is 341 g/mol. The van der Waals surface area contributed by atoms with Crippen molar-refractivity contribution in [3.05, 3.63) is 59.7 Å². The lowest BCUT2D eigenvalue weighted by molar-refractivity contribution is 0.00693. The minimum Gasteiger partial charge on any atom is -0.465 e.